The van der Waals surface area contributed by atoms with Gasteiger partial charge in [0.05, 0.1) is 12.2 Å². The van der Waals surface area contributed by atoms with Crippen LogP contribution >= 0.6 is 11.8 Å². The molecule has 2 aliphatic heterocycles. The molecule has 0 radical (unpaired) electrons. The van der Waals surface area contributed by atoms with Crippen LogP contribution < -0.4 is 0 Å². The highest BCUT2D eigenvalue weighted by atomic mass is 32.2. The van der Waals surface area contributed by atoms with E-state index in [1.165, 1.54) is 0 Å². The second-order valence-electron chi connectivity index (χ2n) is 7.69. The van der Waals surface area contributed by atoms with Gasteiger partial charge in [0, 0.05) is 32.3 Å². The quantitative estimate of drug-likeness (QED) is 0.802. The third kappa shape index (κ3) is 5.02. The Labute approximate surface area is 165 Å². The predicted octanol–water partition coefficient (Wildman–Crippen LogP) is 1.93. The lowest BCUT2D eigenvalue weighted by molar-refractivity contribution is -0.147. The van der Waals surface area contributed by atoms with E-state index in [0.29, 0.717) is 32.5 Å². The van der Waals surface area contributed by atoms with E-state index >= 15 is 0 Å². The van der Waals surface area contributed by atoms with Crippen molar-refractivity contribution in [2.24, 2.45) is 5.41 Å². The number of amides is 2. The predicted molar refractivity (Wildman–Crippen MR) is 106 cm³/mol. The lowest BCUT2D eigenvalue weighted by atomic mass is 9.72. The molecule has 3 rings (SSSR count). The van der Waals surface area contributed by atoms with Crippen molar-refractivity contribution >= 4 is 23.6 Å². The minimum atomic E-state index is -0.889. The Morgan fingerprint density at radius 1 is 1.33 bits per heavy atom. The van der Waals surface area contributed by atoms with E-state index in [1.807, 2.05) is 29.4 Å². The molecule has 7 heteroatoms. The SMILES string of the molecule is CSCC[C@@H](O)C(=O)N1CCC2(CCC(=O)N(Cc3ccccn3)C2)CC1. The summed E-state index contributed by atoms with van der Waals surface area (Å²) in [6, 6.07) is 5.77. The molecular weight excluding hydrogens is 362 g/mol. The number of hydrogen-bond donors (Lipinski definition) is 1. The summed E-state index contributed by atoms with van der Waals surface area (Å²) in [6.07, 6.45) is 6.59. The summed E-state index contributed by atoms with van der Waals surface area (Å²) in [6.45, 7) is 2.62. The number of likely N-dealkylation sites (tertiary alicyclic amines) is 2. The first-order valence-corrected chi connectivity index (χ1v) is 11.1. The molecule has 0 saturated carbocycles. The first-order valence-electron chi connectivity index (χ1n) is 9.66. The molecule has 2 saturated heterocycles. The van der Waals surface area contributed by atoms with Crippen LogP contribution in [0, 0.1) is 5.41 Å². The van der Waals surface area contributed by atoms with Gasteiger partial charge in [-0.2, -0.15) is 11.8 Å². The normalized spacial score (nSPS) is 20.7. The summed E-state index contributed by atoms with van der Waals surface area (Å²) >= 11 is 1.64. The van der Waals surface area contributed by atoms with Gasteiger partial charge in [-0.15, -0.1) is 0 Å². The number of aromatic nitrogens is 1. The number of hydrogen-bond acceptors (Lipinski definition) is 5. The van der Waals surface area contributed by atoms with E-state index in [2.05, 4.69) is 4.98 Å². The molecule has 27 heavy (non-hydrogen) atoms. The highest BCUT2D eigenvalue weighted by molar-refractivity contribution is 7.98. The van der Waals surface area contributed by atoms with Gasteiger partial charge in [-0.1, -0.05) is 6.07 Å². The molecule has 1 spiro atoms. The maximum atomic E-state index is 12.4. The Balaban J connectivity index is 1.56. The first kappa shape index (κ1) is 20.1. The van der Waals surface area contributed by atoms with Crippen LogP contribution in [-0.4, -0.2) is 69.5 Å². The molecule has 148 valence electrons. The van der Waals surface area contributed by atoms with E-state index < -0.39 is 6.10 Å². The van der Waals surface area contributed by atoms with Crippen molar-refractivity contribution in [3.63, 3.8) is 0 Å². The summed E-state index contributed by atoms with van der Waals surface area (Å²) < 4.78 is 0. The molecule has 1 aromatic rings. The number of rotatable bonds is 6. The molecule has 1 N–H and O–H groups in total. The molecule has 0 bridgehead atoms. The van der Waals surface area contributed by atoms with Crippen molar-refractivity contribution in [2.45, 2.75) is 44.8 Å². The Morgan fingerprint density at radius 3 is 2.78 bits per heavy atom. The fourth-order valence-electron chi connectivity index (χ4n) is 4.11. The number of carbonyl (C=O) groups excluding carboxylic acids is 2. The Hall–Kier alpha value is -1.60. The van der Waals surface area contributed by atoms with Gasteiger partial charge in [0.2, 0.25) is 5.91 Å². The monoisotopic (exact) mass is 391 g/mol. The number of aliphatic hydroxyl groups is 1. The molecule has 6 nitrogen and oxygen atoms in total. The van der Waals surface area contributed by atoms with Gasteiger partial charge in [-0.05, 0) is 55.2 Å². The average Bonchev–Trinajstić information content (AvgIpc) is 2.70. The van der Waals surface area contributed by atoms with Crippen LogP contribution in [0.15, 0.2) is 24.4 Å². The van der Waals surface area contributed by atoms with Crippen molar-refractivity contribution in [3.05, 3.63) is 30.1 Å². The number of aliphatic hydroxyl groups excluding tert-OH is 1. The fourth-order valence-corrected chi connectivity index (χ4v) is 4.57. The lowest BCUT2D eigenvalue weighted by Gasteiger charge is -2.47. The molecule has 2 fully saturated rings. The van der Waals surface area contributed by atoms with Crippen molar-refractivity contribution in [1.82, 2.24) is 14.8 Å². The standard InChI is InChI=1S/C20H29N3O3S/c1-27-13-6-17(24)19(26)22-11-8-20(9-12-22)7-5-18(25)23(15-20)14-16-4-2-3-10-21-16/h2-4,10,17,24H,5-9,11-15H2,1H3/t17-/m1/s1. The van der Waals surface area contributed by atoms with Gasteiger partial charge < -0.3 is 14.9 Å². The second-order valence-corrected chi connectivity index (χ2v) is 8.68. The Kier molecular flexibility index (Phi) is 6.76. The van der Waals surface area contributed by atoms with Gasteiger partial charge in [-0.3, -0.25) is 14.6 Å². The molecule has 2 amide bonds. The molecule has 2 aliphatic rings. The van der Waals surface area contributed by atoms with E-state index in [9.17, 15) is 14.7 Å². The van der Waals surface area contributed by atoms with Crippen molar-refractivity contribution < 1.29 is 14.7 Å². The minimum absolute atomic E-state index is 0.0870. The first-order chi connectivity index (χ1) is 13.0. The average molecular weight is 392 g/mol. The van der Waals surface area contributed by atoms with Gasteiger partial charge in [0.25, 0.3) is 5.91 Å². The van der Waals surface area contributed by atoms with Crippen LogP contribution in [0.3, 0.4) is 0 Å². The van der Waals surface area contributed by atoms with Crippen molar-refractivity contribution in [1.29, 1.82) is 0 Å². The number of nitrogens with zero attached hydrogens (tertiary/aromatic N) is 3. The largest absolute Gasteiger partial charge is 0.383 e. The number of carbonyl (C=O) groups is 2. The zero-order valence-electron chi connectivity index (χ0n) is 16.0. The third-order valence-electron chi connectivity index (χ3n) is 5.84. The number of pyridine rings is 1. The maximum Gasteiger partial charge on any atom is 0.251 e. The fraction of sp³-hybridized carbons (Fsp3) is 0.650. The van der Waals surface area contributed by atoms with E-state index in [0.717, 1.165) is 37.3 Å². The van der Waals surface area contributed by atoms with E-state index in [1.54, 1.807) is 22.9 Å². The van der Waals surface area contributed by atoms with Gasteiger partial charge >= 0.3 is 0 Å². The molecule has 0 aliphatic carbocycles. The van der Waals surface area contributed by atoms with Crippen LogP contribution in [0.2, 0.25) is 0 Å². The summed E-state index contributed by atoms with van der Waals surface area (Å²) in [5, 5.41) is 10.1. The van der Waals surface area contributed by atoms with Crippen LogP contribution in [-0.2, 0) is 16.1 Å². The molecular formula is C20H29N3O3S. The van der Waals surface area contributed by atoms with Gasteiger partial charge in [0.15, 0.2) is 0 Å². The number of piperidine rings is 2. The zero-order chi connectivity index (χ0) is 19.3. The van der Waals surface area contributed by atoms with Crippen LogP contribution in [0.25, 0.3) is 0 Å². The molecule has 1 aromatic heterocycles. The highest BCUT2D eigenvalue weighted by Crippen LogP contribution is 2.40. The lowest BCUT2D eigenvalue weighted by Crippen LogP contribution is -2.53. The summed E-state index contributed by atoms with van der Waals surface area (Å²) in [5.74, 6) is 0.836. The van der Waals surface area contributed by atoms with E-state index in [4.69, 9.17) is 0 Å². The Bertz CT molecular complexity index is 647. The number of thioether (sulfide) groups is 1. The second kappa shape index (κ2) is 9.06. The van der Waals surface area contributed by atoms with Crippen LogP contribution in [0.1, 0.15) is 37.8 Å². The van der Waals surface area contributed by atoms with Gasteiger partial charge in [-0.25, -0.2) is 0 Å². The summed E-state index contributed by atoms with van der Waals surface area (Å²) in [5.41, 5.74) is 0.997. The summed E-state index contributed by atoms with van der Waals surface area (Å²) in [4.78, 5) is 32.9. The minimum Gasteiger partial charge on any atom is -0.383 e. The van der Waals surface area contributed by atoms with Crippen LogP contribution in [0.5, 0.6) is 0 Å². The van der Waals surface area contributed by atoms with Crippen LogP contribution in [0.4, 0.5) is 0 Å². The van der Waals surface area contributed by atoms with Crippen molar-refractivity contribution in [2.75, 3.05) is 31.6 Å². The summed E-state index contributed by atoms with van der Waals surface area (Å²) in [7, 11) is 0. The van der Waals surface area contributed by atoms with Gasteiger partial charge in [0.1, 0.15) is 6.10 Å². The maximum absolute atomic E-state index is 12.4. The molecule has 3 heterocycles. The molecule has 0 aromatic carbocycles. The zero-order valence-corrected chi connectivity index (χ0v) is 16.8. The smallest absolute Gasteiger partial charge is 0.251 e. The van der Waals surface area contributed by atoms with Crippen molar-refractivity contribution in [3.8, 4) is 0 Å². The third-order valence-corrected chi connectivity index (χ3v) is 6.49. The molecule has 1 atom stereocenters. The van der Waals surface area contributed by atoms with E-state index in [-0.39, 0.29) is 17.2 Å². The highest BCUT2D eigenvalue weighted by Gasteiger charge is 2.42. The topological polar surface area (TPSA) is 73.7 Å². The molecule has 0 unspecified atom stereocenters. The Morgan fingerprint density at radius 2 is 2.11 bits per heavy atom.